The number of aromatic nitrogens is 3. The van der Waals surface area contributed by atoms with Crippen molar-refractivity contribution < 1.29 is 0 Å². The van der Waals surface area contributed by atoms with Crippen LogP contribution in [-0.2, 0) is 0 Å². The largest absolute Gasteiger partial charge is 0.313 e. The topological polar surface area (TPSA) is 42.7 Å². The number of hydrogen-bond donors (Lipinski definition) is 1. The minimum atomic E-state index is 0.834. The molecule has 2 rings (SSSR count). The fourth-order valence-electron chi connectivity index (χ4n) is 1.49. The Labute approximate surface area is 102 Å². The number of rotatable bonds is 2. The molecule has 0 aliphatic heterocycles. The second-order valence-electron chi connectivity index (χ2n) is 3.33. The van der Waals surface area contributed by atoms with E-state index >= 15 is 0 Å². The molecule has 78 valence electrons. The molecule has 15 heavy (non-hydrogen) atoms. The van der Waals surface area contributed by atoms with Gasteiger partial charge in [0.1, 0.15) is 5.82 Å². The van der Waals surface area contributed by atoms with Gasteiger partial charge in [0.2, 0.25) is 0 Å². The van der Waals surface area contributed by atoms with E-state index in [2.05, 4.69) is 42.5 Å². The van der Waals surface area contributed by atoms with Gasteiger partial charge in [0.05, 0.1) is 34.2 Å². The summed E-state index contributed by atoms with van der Waals surface area (Å²) in [4.78, 5) is 4.16. The van der Waals surface area contributed by atoms with Crippen LogP contribution in [0.2, 0.25) is 0 Å². The molecule has 1 N–H and O–H groups in total. The molecule has 2 aromatic heterocycles. The van der Waals surface area contributed by atoms with Crippen molar-refractivity contribution in [3.05, 3.63) is 35.8 Å². The molecular weight excluding hydrogens is 303 g/mol. The number of pyridine rings is 1. The molecule has 0 saturated carbocycles. The van der Waals surface area contributed by atoms with Gasteiger partial charge < -0.3 is 3.53 Å². The van der Waals surface area contributed by atoms with Gasteiger partial charge in [-0.1, -0.05) is 0 Å². The van der Waals surface area contributed by atoms with Gasteiger partial charge in [-0.05, 0) is 26.0 Å². The Balaban J connectivity index is 2.49. The van der Waals surface area contributed by atoms with E-state index in [1.165, 1.54) is 0 Å². The van der Waals surface area contributed by atoms with Gasteiger partial charge in [0.25, 0.3) is 0 Å². The molecule has 0 atom stereocenters. The molecule has 2 aromatic rings. The zero-order chi connectivity index (χ0) is 10.8. The molecule has 0 bridgehead atoms. The zero-order valence-corrected chi connectivity index (χ0v) is 10.7. The van der Waals surface area contributed by atoms with Gasteiger partial charge >= 0.3 is 0 Å². The van der Waals surface area contributed by atoms with Crippen molar-refractivity contribution >= 4 is 28.7 Å². The van der Waals surface area contributed by atoms with Gasteiger partial charge in [-0.2, -0.15) is 5.10 Å². The van der Waals surface area contributed by atoms with Crippen LogP contribution in [0.25, 0.3) is 5.69 Å². The molecule has 0 amide bonds. The minimum absolute atomic E-state index is 0.834. The van der Waals surface area contributed by atoms with Crippen molar-refractivity contribution in [3.8, 4) is 5.69 Å². The first-order valence-corrected chi connectivity index (χ1v) is 5.65. The second-order valence-corrected chi connectivity index (χ2v) is 3.87. The second kappa shape index (κ2) is 4.18. The Hall–Kier alpha value is -1.11. The maximum Gasteiger partial charge on any atom is 0.136 e. The molecular formula is C10H11IN4. The first-order valence-electron chi connectivity index (χ1n) is 4.57. The number of nitrogens with one attached hydrogen (secondary N) is 1. The minimum Gasteiger partial charge on any atom is -0.313 e. The average Bonchev–Trinajstić information content (AvgIpc) is 2.58. The van der Waals surface area contributed by atoms with E-state index in [-0.39, 0.29) is 0 Å². The summed E-state index contributed by atoms with van der Waals surface area (Å²) in [7, 11) is 0. The Morgan fingerprint density at radius 3 is 2.73 bits per heavy atom. The van der Waals surface area contributed by atoms with Crippen LogP contribution >= 0.6 is 22.9 Å². The van der Waals surface area contributed by atoms with Gasteiger partial charge in [-0.3, -0.25) is 0 Å². The molecule has 0 unspecified atom stereocenters. The summed E-state index contributed by atoms with van der Waals surface area (Å²) in [5.41, 5.74) is 3.17. The lowest BCUT2D eigenvalue weighted by Gasteiger charge is -2.05. The van der Waals surface area contributed by atoms with Crippen molar-refractivity contribution in [2.24, 2.45) is 0 Å². The molecule has 4 nitrogen and oxygen atoms in total. The summed E-state index contributed by atoms with van der Waals surface area (Å²) >= 11 is 2.06. The predicted molar refractivity (Wildman–Crippen MR) is 68.5 cm³/mol. The number of halogens is 1. The molecule has 0 radical (unpaired) electrons. The van der Waals surface area contributed by atoms with E-state index in [1.54, 1.807) is 6.20 Å². The van der Waals surface area contributed by atoms with Crippen LogP contribution in [0.4, 0.5) is 5.82 Å². The van der Waals surface area contributed by atoms with Crippen LogP contribution in [0.1, 0.15) is 11.4 Å². The Bertz CT molecular complexity index is 478. The molecule has 0 aliphatic rings. The zero-order valence-electron chi connectivity index (χ0n) is 8.53. The molecule has 0 saturated heterocycles. The third-order valence-electron chi connectivity index (χ3n) is 2.09. The fourth-order valence-corrected chi connectivity index (χ4v) is 1.79. The third-order valence-corrected chi connectivity index (χ3v) is 2.65. The highest BCUT2D eigenvalue weighted by atomic mass is 127. The van der Waals surface area contributed by atoms with Crippen LogP contribution in [0.3, 0.4) is 0 Å². The summed E-state index contributed by atoms with van der Waals surface area (Å²) in [6, 6.07) is 5.96. The molecule has 0 aromatic carbocycles. The van der Waals surface area contributed by atoms with Crippen LogP contribution in [0.15, 0.2) is 24.4 Å². The summed E-state index contributed by atoms with van der Waals surface area (Å²) in [6.45, 7) is 4.03. The van der Waals surface area contributed by atoms with E-state index in [0.717, 1.165) is 22.9 Å². The summed E-state index contributed by atoms with van der Waals surface area (Å²) < 4.78 is 4.89. The smallest absolute Gasteiger partial charge is 0.136 e. The highest BCUT2D eigenvalue weighted by Crippen LogP contribution is 2.15. The maximum absolute atomic E-state index is 4.41. The van der Waals surface area contributed by atoms with E-state index < -0.39 is 0 Å². The monoisotopic (exact) mass is 314 g/mol. The van der Waals surface area contributed by atoms with E-state index in [4.69, 9.17) is 0 Å². The fraction of sp³-hybridized carbons (Fsp3) is 0.200. The van der Waals surface area contributed by atoms with Crippen LogP contribution in [0, 0.1) is 13.8 Å². The van der Waals surface area contributed by atoms with Crippen molar-refractivity contribution in [2.45, 2.75) is 13.8 Å². The van der Waals surface area contributed by atoms with Crippen molar-refractivity contribution in [3.63, 3.8) is 0 Å². The number of nitrogens with zero attached hydrogens (tertiary/aromatic N) is 3. The van der Waals surface area contributed by atoms with E-state index in [0.29, 0.717) is 0 Å². The summed E-state index contributed by atoms with van der Waals surface area (Å²) in [5.74, 6) is 0.834. The SMILES string of the molecule is Cc1cc(C)n(-c2ccnc(NI)c2)n1. The lowest BCUT2D eigenvalue weighted by atomic mass is 10.3. The first-order chi connectivity index (χ1) is 7.20. The molecule has 0 fully saturated rings. The van der Waals surface area contributed by atoms with Crippen molar-refractivity contribution in [1.29, 1.82) is 0 Å². The summed E-state index contributed by atoms with van der Waals surface area (Å²) in [6.07, 6.45) is 1.77. The van der Waals surface area contributed by atoms with Gasteiger partial charge in [0, 0.05) is 18.0 Å². The highest BCUT2D eigenvalue weighted by Gasteiger charge is 2.04. The van der Waals surface area contributed by atoms with E-state index in [1.807, 2.05) is 30.7 Å². The number of anilines is 1. The Kier molecular flexibility index (Phi) is 2.90. The van der Waals surface area contributed by atoms with Gasteiger partial charge in [-0.15, -0.1) is 0 Å². The average molecular weight is 314 g/mol. The predicted octanol–water partition coefficient (Wildman–Crippen LogP) is 2.65. The number of hydrogen-bond acceptors (Lipinski definition) is 3. The maximum atomic E-state index is 4.41. The number of aryl methyl sites for hydroxylation is 2. The lowest BCUT2D eigenvalue weighted by Crippen LogP contribution is -2.00. The van der Waals surface area contributed by atoms with Crippen LogP contribution in [0.5, 0.6) is 0 Å². The Morgan fingerprint density at radius 2 is 2.13 bits per heavy atom. The Morgan fingerprint density at radius 1 is 1.33 bits per heavy atom. The van der Waals surface area contributed by atoms with Gasteiger partial charge in [0.15, 0.2) is 0 Å². The van der Waals surface area contributed by atoms with Crippen molar-refractivity contribution in [2.75, 3.05) is 3.53 Å². The molecule has 2 heterocycles. The van der Waals surface area contributed by atoms with E-state index in [9.17, 15) is 0 Å². The lowest BCUT2D eigenvalue weighted by molar-refractivity contribution is 0.832. The van der Waals surface area contributed by atoms with Crippen LogP contribution < -0.4 is 3.53 Å². The quantitative estimate of drug-likeness (QED) is 0.684. The highest BCUT2D eigenvalue weighted by molar-refractivity contribution is 14.1. The third kappa shape index (κ3) is 2.11. The molecule has 5 heteroatoms. The normalized spacial score (nSPS) is 10.3. The molecule has 0 aliphatic carbocycles. The standard InChI is InChI=1S/C10H11IN4/c1-7-5-8(2)15(14-7)9-3-4-12-10(6-9)13-11/h3-6H,1-2H3,(H,12,13). The summed E-state index contributed by atoms with van der Waals surface area (Å²) in [5, 5.41) is 4.41. The first kappa shape index (κ1) is 10.4. The molecule has 0 spiro atoms. The van der Waals surface area contributed by atoms with Crippen LogP contribution in [-0.4, -0.2) is 14.8 Å². The van der Waals surface area contributed by atoms with Gasteiger partial charge in [-0.25, -0.2) is 9.67 Å². The van der Waals surface area contributed by atoms with Crippen molar-refractivity contribution in [1.82, 2.24) is 14.8 Å².